The summed E-state index contributed by atoms with van der Waals surface area (Å²) in [7, 11) is 1.99. The highest BCUT2D eigenvalue weighted by Crippen LogP contribution is 2.35. The number of carbonyl (C=O) groups excluding carboxylic acids is 1. The summed E-state index contributed by atoms with van der Waals surface area (Å²) in [5.74, 6) is 0.551. The molecule has 1 amide bonds. The Morgan fingerprint density at radius 1 is 1.17 bits per heavy atom. The molecule has 0 saturated heterocycles. The molecule has 29 heavy (non-hydrogen) atoms. The third-order valence-electron chi connectivity index (χ3n) is 5.62. The van der Waals surface area contributed by atoms with Crippen LogP contribution in [-0.2, 0) is 13.5 Å². The number of carbonyl (C=O) groups is 1. The Hall–Kier alpha value is -2.99. The van der Waals surface area contributed by atoms with Crippen molar-refractivity contribution in [1.82, 2.24) is 9.55 Å². The molecule has 0 bridgehead atoms. The minimum Gasteiger partial charge on any atom is -0.326 e. The summed E-state index contributed by atoms with van der Waals surface area (Å²) in [6.07, 6.45) is 1.61. The normalized spacial score (nSPS) is 16.2. The van der Waals surface area contributed by atoms with E-state index >= 15 is 0 Å². The molecule has 0 fully saturated rings. The van der Waals surface area contributed by atoms with Crippen LogP contribution in [0.3, 0.4) is 0 Å². The van der Waals surface area contributed by atoms with E-state index in [9.17, 15) is 9.18 Å². The molecule has 0 N–H and O–H groups in total. The largest absolute Gasteiger partial charge is 0.326 e. The fourth-order valence-electron chi connectivity index (χ4n) is 4.09. The maximum Gasteiger partial charge on any atom is 0.268 e. The molecule has 1 unspecified atom stereocenters. The molecular formula is C23H20FN3OS. The van der Waals surface area contributed by atoms with Gasteiger partial charge in [0.05, 0.1) is 20.8 Å². The predicted octanol–water partition coefficient (Wildman–Crippen LogP) is 5.42. The fraction of sp³-hybridized carbons (Fsp3) is 0.217. The topological polar surface area (TPSA) is 38.1 Å². The molecule has 0 aliphatic carbocycles. The van der Waals surface area contributed by atoms with Crippen LogP contribution in [0.25, 0.3) is 21.7 Å². The zero-order valence-electron chi connectivity index (χ0n) is 16.2. The highest BCUT2D eigenvalue weighted by molar-refractivity contribution is 7.17. The van der Waals surface area contributed by atoms with Gasteiger partial charge in [0.15, 0.2) is 5.82 Å². The smallest absolute Gasteiger partial charge is 0.268 e. The van der Waals surface area contributed by atoms with E-state index in [2.05, 4.69) is 4.57 Å². The van der Waals surface area contributed by atoms with Gasteiger partial charge in [-0.3, -0.25) is 4.79 Å². The predicted molar refractivity (Wildman–Crippen MR) is 115 cm³/mol. The molecule has 6 heteroatoms. The average molecular weight is 405 g/mol. The second kappa shape index (κ2) is 6.81. The van der Waals surface area contributed by atoms with E-state index in [0.29, 0.717) is 4.88 Å². The number of aryl methyl sites for hydroxylation is 2. The molecule has 5 rings (SSSR count). The van der Waals surface area contributed by atoms with Crippen molar-refractivity contribution in [3.8, 4) is 10.7 Å². The Morgan fingerprint density at radius 3 is 2.83 bits per heavy atom. The van der Waals surface area contributed by atoms with Crippen molar-refractivity contribution in [3.05, 3.63) is 70.9 Å². The molecule has 1 atom stereocenters. The Kier molecular flexibility index (Phi) is 4.24. The first-order valence-corrected chi connectivity index (χ1v) is 10.5. The van der Waals surface area contributed by atoms with Crippen LogP contribution < -0.4 is 4.90 Å². The van der Waals surface area contributed by atoms with E-state index < -0.39 is 0 Å². The number of hydrogen-bond donors (Lipinski definition) is 0. The second-order valence-corrected chi connectivity index (χ2v) is 8.57. The number of fused-ring (bicyclic) bond motifs is 2. The number of rotatable bonds is 2. The van der Waals surface area contributed by atoms with Gasteiger partial charge in [-0.1, -0.05) is 12.1 Å². The second-order valence-electron chi connectivity index (χ2n) is 7.48. The molecule has 2 aromatic heterocycles. The van der Waals surface area contributed by atoms with Crippen molar-refractivity contribution in [2.75, 3.05) is 4.90 Å². The third kappa shape index (κ3) is 2.95. The Bertz CT molecular complexity index is 1240. The van der Waals surface area contributed by atoms with Crippen molar-refractivity contribution in [1.29, 1.82) is 0 Å². The number of anilines is 1. The molecule has 4 nitrogen and oxygen atoms in total. The van der Waals surface area contributed by atoms with Crippen LogP contribution in [0.15, 0.2) is 54.6 Å². The van der Waals surface area contributed by atoms with E-state index in [1.54, 1.807) is 12.1 Å². The zero-order valence-corrected chi connectivity index (χ0v) is 17.0. The monoisotopic (exact) mass is 405 g/mol. The van der Waals surface area contributed by atoms with Gasteiger partial charge in [-0.05, 0) is 67.8 Å². The molecule has 0 saturated carbocycles. The van der Waals surface area contributed by atoms with Crippen molar-refractivity contribution < 1.29 is 9.18 Å². The van der Waals surface area contributed by atoms with Crippen LogP contribution in [0, 0.1) is 5.82 Å². The fourth-order valence-corrected chi connectivity index (χ4v) is 5.06. The molecule has 1 aliphatic rings. The summed E-state index contributed by atoms with van der Waals surface area (Å²) in [4.78, 5) is 21.5. The van der Waals surface area contributed by atoms with Gasteiger partial charge in [0.1, 0.15) is 5.82 Å². The van der Waals surface area contributed by atoms with Gasteiger partial charge in [0, 0.05) is 18.8 Å². The van der Waals surface area contributed by atoms with Crippen LogP contribution in [0.5, 0.6) is 0 Å². The number of aromatic nitrogens is 2. The van der Waals surface area contributed by atoms with Crippen LogP contribution in [0.4, 0.5) is 10.1 Å². The lowest BCUT2D eigenvalue weighted by Crippen LogP contribution is -2.41. The minimum atomic E-state index is -0.258. The van der Waals surface area contributed by atoms with Crippen LogP contribution in [0.2, 0.25) is 0 Å². The van der Waals surface area contributed by atoms with E-state index in [0.717, 1.165) is 45.8 Å². The van der Waals surface area contributed by atoms with Crippen LogP contribution in [-0.4, -0.2) is 21.5 Å². The highest BCUT2D eigenvalue weighted by Gasteiger charge is 2.30. The van der Waals surface area contributed by atoms with E-state index in [1.165, 1.54) is 17.4 Å². The summed E-state index contributed by atoms with van der Waals surface area (Å²) in [6, 6.07) is 16.6. The van der Waals surface area contributed by atoms with Crippen molar-refractivity contribution in [3.63, 3.8) is 0 Å². The average Bonchev–Trinajstić information content (AvgIpc) is 3.33. The first-order valence-electron chi connectivity index (χ1n) is 9.66. The lowest BCUT2D eigenvalue weighted by molar-refractivity contribution is 0.0979. The Morgan fingerprint density at radius 2 is 2.00 bits per heavy atom. The van der Waals surface area contributed by atoms with Crippen molar-refractivity contribution in [2.24, 2.45) is 7.05 Å². The number of hydrogen-bond acceptors (Lipinski definition) is 3. The van der Waals surface area contributed by atoms with E-state index in [-0.39, 0.29) is 17.8 Å². The number of nitrogens with zero attached hydrogens (tertiary/aromatic N) is 3. The minimum absolute atomic E-state index is 0.0416. The molecule has 4 aromatic rings. The lowest BCUT2D eigenvalue weighted by atomic mass is 9.96. The zero-order chi connectivity index (χ0) is 20.1. The van der Waals surface area contributed by atoms with E-state index in [1.807, 2.05) is 55.3 Å². The summed E-state index contributed by atoms with van der Waals surface area (Å²) in [6.45, 7) is 2.05. The van der Waals surface area contributed by atoms with Gasteiger partial charge in [0.2, 0.25) is 0 Å². The van der Waals surface area contributed by atoms with Crippen molar-refractivity contribution in [2.45, 2.75) is 25.8 Å². The van der Waals surface area contributed by atoms with Crippen LogP contribution >= 0.6 is 11.3 Å². The van der Waals surface area contributed by atoms with Gasteiger partial charge in [-0.25, -0.2) is 9.37 Å². The molecule has 0 radical (unpaired) electrons. The molecule has 146 valence electrons. The quantitative estimate of drug-likeness (QED) is 0.446. The maximum absolute atomic E-state index is 13.6. The first kappa shape index (κ1) is 18.1. The van der Waals surface area contributed by atoms with Gasteiger partial charge in [-0.2, -0.15) is 0 Å². The summed E-state index contributed by atoms with van der Waals surface area (Å²) in [5.41, 5.74) is 3.70. The van der Waals surface area contributed by atoms with Gasteiger partial charge < -0.3 is 9.47 Å². The van der Waals surface area contributed by atoms with Gasteiger partial charge >= 0.3 is 0 Å². The standard InChI is InChI=1S/C23H20FN3OS/c1-14-7-8-15-13-16(24)9-10-18(15)27(14)23(28)21-12-11-20(29-21)22-25-17-5-3-4-6-19(17)26(22)2/h3-6,9-14H,7-8H2,1-2H3. The number of benzene rings is 2. The number of imidazole rings is 1. The molecule has 1 aliphatic heterocycles. The number of halogens is 1. The SMILES string of the molecule is CC1CCc2cc(F)ccc2N1C(=O)c1ccc(-c2nc3ccccc3n2C)s1. The van der Waals surface area contributed by atoms with Crippen molar-refractivity contribution >= 4 is 34.0 Å². The van der Waals surface area contributed by atoms with Gasteiger partial charge in [-0.15, -0.1) is 11.3 Å². The van der Waals surface area contributed by atoms with Crippen LogP contribution in [0.1, 0.15) is 28.6 Å². The Balaban J connectivity index is 1.52. The van der Waals surface area contributed by atoms with E-state index in [4.69, 9.17) is 4.98 Å². The molecule has 2 aromatic carbocycles. The number of para-hydroxylation sites is 2. The first-order chi connectivity index (χ1) is 14.0. The summed E-state index contributed by atoms with van der Waals surface area (Å²) < 4.78 is 15.7. The maximum atomic E-state index is 13.6. The number of thiophene rings is 1. The molecule has 0 spiro atoms. The lowest BCUT2D eigenvalue weighted by Gasteiger charge is -2.35. The van der Waals surface area contributed by atoms with Gasteiger partial charge in [0.25, 0.3) is 5.91 Å². The number of amides is 1. The third-order valence-corrected chi connectivity index (χ3v) is 6.69. The molecular weight excluding hydrogens is 385 g/mol. The summed E-state index contributed by atoms with van der Waals surface area (Å²) in [5, 5.41) is 0. The Labute approximate surface area is 172 Å². The highest BCUT2D eigenvalue weighted by atomic mass is 32.1. The molecule has 3 heterocycles. The summed E-state index contributed by atoms with van der Waals surface area (Å²) >= 11 is 1.45.